The Morgan fingerprint density at radius 1 is 0.929 bits per heavy atom. The molecule has 0 heterocycles. The Kier molecular flexibility index (Phi) is 18.4. The van der Waals surface area contributed by atoms with E-state index in [9.17, 15) is 9.59 Å². The van der Waals surface area contributed by atoms with Gasteiger partial charge in [-0.3, -0.25) is 9.59 Å². The molecule has 5 heteroatoms. The molecule has 0 unspecified atom stereocenters. The first kappa shape index (κ1) is 26.0. The van der Waals surface area contributed by atoms with Gasteiger partial charge in [0.25, 0.3) is 0 Å². The molecule has 0 radical (unpaired) electrons. The fraction of sp³-hybridized carbons (Fsp3) is 0.565. The van der Waals surface area contributed by atoms with Gasteiger partial charge in [-0.25, -0.2) is 0 Å². The molecule has 0 fully saturated rings. The largest absolute Gasteiger partial charge is 0.463 e. The van der Waals surface area contributed by atoms with E-state index in [1.807, 2.05) is 18.2 Å². The molecule has 0 saturated carbocycles. The van der Waals surface area contributed by atoms with E-state index in [0.717, 1.165) is 38.5 Å². The molecule has 0 aliphatic heterocycles. The van der Waals surface area contributed by atoms with Gasteiger partial charge >= 0.3 is 5.97 Å². The number of hydrogen-bond acceptors (Lipinski definition) is 5. The zero-order chi connectivity index (χ0) is 20.9. The van der Waals surface area contributed by atoms with Crippen LogP contribution in [0.3, 0.4) is 0 Å². The number of rotatable bonds is 17. The summed E-state index contributed by atoms with van der Waals surface area (Å²) >= 11 is 0. The van der Waals surface area contributed by atoms with Crippen LogP contribution in [-0.4, -0.2) is 41.3 Å². The van der Waals surface area contributed by atoms with Crippen LogP contribution in [0.2, 0.25) is 0 Å². The van der Waals surface area contributed by atoms with Crippen molar-refractivity contribution in [2.75, 3.05) is 13.2 Å². The maximum absolute atomic E-state index is 11.5. The number of hydrogen-bond donors (Lipinski definition) is 2. The number of aliphatic hydroxyl groups excluding tert-OH is 2. The number of allylic oxidation sites excluding steroid dienone is 8. The Balaban J connectivity index is 3.63. The topological polar surface area (TPSA) is 83.8 Å². The van der Waals surface area contributed by atoms with Gasteiger partial charge in [0.05, 0.1) is 6.61 Å². The molecule has 158 valence electrons. The van der Waals surface area contributed by atoms with Gasteiger partial charge < -0.3 is 14.9 Å². The summed E-state index contributed by atoms with van der Waals surface area (Å²) in [5.74, 6) is -0.168. The van der Waals surface area contributed by atoms with Crippen molar-refractivity contribution in [3.05, 3.63) is 48.6 Å². The van der Waals surface area contributed by atoms with Crippen molar-refractivity contribution < 1.29 is 24.5 Å². The van der Waals surface area contributed by atoms with Crippen LogP contribution in [0, 0.1) is 0 Å². The molecular formula is C23H36O5. The van der Waals surface area contributed by atoms with Crippen molar-refractivity contribution in [1.82, 2.24) is 0 Å². The van der Waals surface area contributed by atoms with Crippen LogP contribution in [0.15, 0.2) is 48.6 Å². The Bertz CT molecular complexity index is 517. The third-order valence-corrected chi connectivity index (χ3v) is 3.83. The molecule has 0 aliphatic rings. The van der Waals surface area contributed by atoms with Crippen molar-refractivity contribution in [3.8, 4) is 0 Å². The van der Waals surface area contributed by atoms with Crippen LogP contribution in [-0.2, 0) is 14.3 Å². The molecule has 0 saturated heterocycles. The predicted octanol–water partition coefficient (Wildman–Crippen LogP) is 4.21. The van der Waals surface area contributed by atoms with Gasteiger partial charge in [0.15, 0.2) is 5.78 Å². The number of unbranched alkanes of at least 4 members (excludes halogenated alkanes) is 3. The monoisotopic (exact) mass is 392 g/mol. The number of esters is 1. The van der Waals surface area contributed by atoms with E-state index in [-0.39, 0.29) is 18.4 Å². The summed E-state index contributed by atoms with van der Waals surface area (Å²) < 4.78 is 4.82. The second-order valence-corrected chi connectivity index (χ2v) is 6.54. The Morgan fingerprint density at radius 2 is 1.64 bits per heavy atom. The van der Waals surface area contributed by atoms with Crippen molar-refractivity contribution in [1.29, 1.82) is 0 Å². The zero-order valence-electron chi connectivity index (χ0n) is 17.1. The highest BCUT2D eigenvalue weighted by Crippen LogP contribution is 2.02. The second-order valence-electron chi connectivity index (χ2n) is 6.54. The summed E-state index contributed by atoms with van der Waals surface area (Å²) in [6.07, 6.45) is 21.9. The molecule has 0 aromatic heterocycles. The summed E-state index contributed by atoms with van der Waals surface area (Å²) in [6, 6.07) is 0. The summed E-state index contributed by atoms with van der Waals surface area (Å²) in [4.78, 5) is 22.9. The number of carbonyl (C=O) groups is 2. The van der Waals surface area contributed by atoms with Gasteiger partial charge in [0.1, 0.15) is 12.7 Å². The van der Waals surface area contributed by atoms with Crippen LogP contribution in [0.4, 0.5) is 0 Å². The summed E-state index contributed by atoms with van der Waals surface area (Å²) in [5, 5.41) is 17.7. The number of ether oxygens (including phenoxy) is 1. The quantitative estimate of drug-likeness (QED) is 0.127. The normalized spacial score (nSPS) is 13.2. The minimum Gasteiger partial charge on any atom is -0.463 e. The number of aliphatic hydroxyl groups is 2. The van der Waals surface area contributed by atoms with E-state index >= 15 is 0 Å². The first-order chi connectivity index (χ1) is 13.6. The van der Waals surface area contributed by atoms with E-state index in [0.29, 0.717) is 19.3 Å². The van der Waals surface area contributed by atoms with Gasteiger partial charge in [-0.15, -0.1) is 0 Å². The second kappa shape index (κ2) is 19.8. The number of ketones is 1. The fourth-order valence-electron chi connectivity index (χ4n) is 2.19. The lowest BCUT2D eigenvalue weighted by molar-refractivity contribution is -0.147. The smallest absolute Gasteiger partial charge is 0.305 e. The Labute approximate surface area is 169 Å². The summed E-state index contributed by atoms with van der Waals surface area (Å²) in [7, 11) is 0. The average Bonchev–Trinajstić information content (AvgIpc) is 2.69. The maximum atomic E-state index is 11.5. The van der Waals surface area contributed by atoms with Gasteiger partial charge in [-0.1, -0.05) is 62.3 Å². The zero-order valence-corrected chi connectivity index (χ0v) is 17.1. The molecule has 2 N–H and O–H groups in total. The van der Waals surface area contributed by atoms with Crippen LogP contribution < -0.4 is 0 Å². The first-order valence-electron chi connectivity index (χ1n) is 10.2. The van der Waals surface area contributed by atoms with Crippen LogP contribution in [0.1, 0.15) is 64.7 Å². The molecule has 5 nitrogen and oxygen atoms in total. The third kappa shape index (κ3) is 18.8. The van der Waals surface area contributed by atoms with Gasteiger partial charge in [0, 0.05) is 12.8 Å². The molecule has 0 aromatic carbocycles. The SMILES string of the molecule is CCCCCC(=O)/C=C/C=C\C/C=C\C/C=C\CCCC(=O)OC[C@@H](O)CO. The van der Waals surface area contributed by atoms with Gasteiger partial charge in [-0.2, -0.15) is 0 Å². The predicted molar refractivity (Wildman–Crippen MR) is 113 cm³/mol. The van der Waals surface area contributed by atoms with Crippen molar-refractivity contribution in [2.24, 2.45) is 0 Å². The molecule has 0 aromatic rings. The lowest BCUT2D eigenvalue weighted by atomic mass is 10.1. The third-order valence-electron chi connectivity index (χ3n) is 3.83. The Hall–Kier alpha value is -1.98. The Morgan fingerprint density at radius 3 is 2.36 bits per heavy atom. The standard InChI is InChI=1S/C23H36O5/c1-2-3-13-16-21(25)17-14-11-9-7-5-4-6-8-10-12-15-18-23(27)28-20-22(26)19-24/h4-5,8-11,14,17,22,24,26H,2-3,6-7,12-13,15-16,18-20H2,1H3/b5-4-,10-8-,11-9-,17-14+/t22-/m0/s1. The highest BCUT2D eigenvalue weighted by atomic mass is 16.5. The molecule has 0 amide bonds. The van der Waals surface area contributed by atoms with E-state index in [1.54, 1.807) is 12.2 Å². The molecular weight excluding hydrogens is 356 g/mol. The fourth-order valence-corrected chi connectivity index (χ4v) is 2.19. The maximum Gasteiger partial charge on any atom is 0.305 e. The van der Waals surface area contributed by atoms with Crippen LogP contribution >= 0.6 is 0 Å². The lowest BCUT2D eigenvalue weighted by Crippen LogP contribution is -2.21. The lowest BCUT2D eigenvalue weighted by Gasteiger charge is -2.07. The van der Waals surface area contributed by atoms with Crippen LogP contribution in [0.5, 0.6) is 0 Å². The molecule has 0 aliphatic carbocycles. The van der Waals surface area contributed by atoms with E-state index in [1.165, 1.54) is 0 Å². The van der Waals surface area contributed by atoms with Crippen molar-refractivity contribution >= 4 is 11.8 Å². The molecule has 28 heavy (non-hydrogen) atoms. The minimum atomic E-state index is -1.00. The molecule has 0 spiro atoms. The first-order valence-corrected chi connectivity index (χ1v) is 10.2. The van der Waals surface area contributed by atoms with Gasteiger partial charge in [0.2, 0.25) is 0 Å². The highest BCUT2D eigenvalue weighted by Gasteiger charge is 2.06. The van der Waals surface area contributed by atoms with Crippen molar-refractivity contribution in [2.45, 2.75) is 70.8 Å². The van der Waals surface area contributed by atoms with Crippen molar-refractivity contribution in [3.63, 3.8) is 0 Å². The molecule has 0 rings (SSSR count). The minimum absolute atomic E-state index is 0.157. The number of carbonyl (C=O) groups excluding carboxylic acids is 2. The summed E-state index contributed by atoms with van der Waals surface area (Å²) in [5.41, 5.74) is 0. The average molecular weight is 393 g/mol. The van der Waals surface area contributed by atoms with Crippen LogP contribution in [0.25, 0.3) is 0 Å². The van der Waals surface area contributed by atoms with Gasteiger partial charge in [-0.05, 0) is 38.2 Å². The van der Waals surface area contributed by atoms with E-state index in [2.05, 4.69) is 25.2 Å². The summed E-state index contributed by atoms with van der Waals surface area (Å²) in [6.45, 7) is 1.56. The van der Waals surface area contributed by atoms with E-state index < -0.39 is 12.7 Å². The molecule has 0 bridgehead atoms. The molecule has 1 atom stereocenters. The van der Waals surface area contributed by atoms with E-state index in [4.69, 9.17) is 14.9 Å². The highest BCUT2D eigenvalue weighted by molar-refractivity contribution is 5.89.